The second kappa shape index (κ2) is 8.98. The fourth-order valence-corrected chi connectivity index (χ4v) is 2.48. The Hall–Kier alpha value is -2.47. The molecule has 2 aromatic carbocycles. The molecule has 0 heterocycles. The fraction of sp³-hybridized carbons (Fsp3) is 0.222. The molecular weight excluding hydrogens is 326 g/mol. The Morgan fingerprint density at radius 3 is 2.12 bits per heavy atom. The third-order valence-corrected chi connectivity index (χ3v) is 3.98. The lowest BCUT2D eigenvalue weighted by molar-refractivity contribution is -0.137. The van der Waals surface area contributed by atoms with Gasteiger partial charge >= 0.3 is 5.97 Å². The monoisotopic (exact) mass is 345 g/mol. The lowest BCUT2D eigenvalue weighted by Crippen LogP contribution is -2.15. The predicted octanol–water partition coefficient (Wildman–Crippen LogP) is 3.63. The molecule has 0 saturated heterocycles. The van der Waals surface area contributed by atoms with E-state index in [9.17, 15) is 9.59 Å². The summed E-state index contributed by atoms with van der Waals surface area (Å²) in [6.45, 7) is 2.02. The highest BCUT2D eigenvalue weighted by Gasteiger charge is 2.06. The number of carbonyl (C=O) groups is 2. The summed E-state index contributed by atoms with van der Waals surface area (Å²) < 4.78 is 10.2. The number of carbonyl (C=O) groups excluding carboxylic acids is 2. The summed E-state index contributed by atoms with van der Waals surface area (Å²) in [7, 11) is 1.32. The number of thioether (sulfide) groups is 1. The molecule has 0 aliphatic rings. The smallest absolute Gasteiger partial charge is 0.315 e. The van der Waals surface area contributed by atoms with Gasteiger partial charge in [-0.05, 0) is 43.3 Å². The van der Waals surface area contributed by atoms with Crippen molar-refractivity contribution in [1.29, 1.82) is 0 Å². The van der Waals surface area contributed by atoms with Crippen LogP contribution in [0, 0.1) is 6.92 Å². The van der Waals surface area contributed by atoms with E-state index in [1.54, 1.807) is 24.3 Å². The van der Waals surface area contributed by atoms with Crippen molar-refractivity contribution in [3.05, 3.63) is 54.1 Å². The summed E-state index contributed by atoms with van der Waals surface area (Å²) in [6, 6.07) is 14.9. The average molecular weight is 345 g/mol. The fourth-order valence-electron chi connectivity index (χ4n) is 1.83. The summed E-state index contributed by atoms with van der Waals surface area (Å²) in [4.78, 5) is 22.7. The first-order valence-electron chi connectivity index (χ1n) is 7.36. The Bertz CT molecular complexity index is 683. The molecule has 0 radical (unpaired) electrons. The van der Waals surface area contributed by atoms with Gasteiger partial charge < -0.3 is 14.8 Å². The van der Waals surface area contributed by atoms with Crippen LogP contribution in [0.2, 0.25) is 0 Å². The van der Waals surface area contributed by atoms with E-state index in [2.05, 4.69) is 10.1 Å². The summed E-state index contributed by atoms with van der Waals surface area (Å²) in [6.07, 6.45) is 0. The second-order valence-electron chi connectivity index (χ2n) is 5.06. The van der Waals surface area contributed by atoms with Crippen molar-refractivity contribution in [3.63, 3.8) is 0 Å². The maximum atomic E-state index is 11.8. The summed E-state index contributed by atoms with van der Waals surface area (Å²) in [5.74, 6) is 1.29. The predicted molar refractivity (Wildman–Crippen MR) is 95.7 cm³/mol. The molecule has 0 aromatic heterocycles. The largest absolute Gasteiger partial charge is 0.468 e. The Morgan fingerprint density at radius 2 is 1.54 bits per heavy atom. The molecule has 1 amide bonds. The highest BCUT2D eigenvalue weighted by molar-refractivity contribution is 8.00. The zero-order valence-corrected chi connectivity index (χ0v) is 14.4. The van der Waals surface area contributed by atoms with Gasteiger partial charge in [0, 0.05) is 5.69 Å². The Morgan fingerprint density at radius 1 is 0.958 bits per heavy atom. The molecule has 5 nitrogen and oxygen atoms in total. The van der Waals surface area contributed by atoms with Crippen molar-refractivity contribution in [1.82, 2.24) is 0 Å². The first kappa shape index (κ1) is 17.9. The molecular formula is C18H19NO4S. The van der Waals surface area contributed by atoms with Crippen LogP contribution in [0.15, 0.2) is 48.5 Å². The van der Waals surface area contributed by atoms with Crippen LogP contribution < -0.4 is 10.1 Å². The van der Waals surface area contributed by atoms with E-state index in [1.165, 1.54) is 24.4 Å². The number of ether oxygens (including phenoxy) is 2. The van der Waals surface area contributed by atoms with E-state index < -0.39 is 0 Å². The standard InChI is InChI=1S/C18H19NO4S/c1-13-3-7-15(8-4-13)23-16-9-5-14(6-10-16)19-17(20)11-24-12-18(21)22-2/h3-10H,11-12H2,1-2H3,(H,19,20). The van der Waals surface area contributed by atoms with Gasteiger partial charge in [-0.25, -0.2) is 0 Å². The number of aryl methyl sites for hydroxylation is 1. The lowest BCUT2D eigenvalue weighted by Gasteiger charge is -2.08. The highest BCUT2D eigenvalue weighted by atomic mass is 32.2. The lowest BCUT2D eigenvalue weighted by atomic mass is 10.2. The van der Waals surface area contributed by atoms with Gasteiger partial charge in [-0.2, -0.15) is 0 Å². The number of methoxy groups -OCH3 is 1. The van der Waals surface area contributed by atoms with E-state index in [-0.39, 0.29) is 23.4 Å². The quantitative estimate of drug-likeness (QED) is 0.776. The van der Waals surface area contributed by atoms with Gasteiger partial charge in [0.25, 0.3) is 0 Å². The molecule has 24 heavy (non-hydrogen) atoms. The zero-order valence-electron chi connectivity index (χ0n) is 13.6. The molecule has 0 bridgehead atoms. The normalized spacial score (nSPS) is 10.1. The Kier molecular flexibility index (Phi) is 6.69. The van der Waals surface area contributed by atoms with E-state index in [1.807, 2.05) is 31.2 Å². The number of esters is 1. The third-order valence-electron chi connectivity index (χ3n) is 3.08. The first-order valence-corrected chi connectivity index (χ1v) is 8.51. The minimum Gasteiger partial charge on any atom is -0.468 e. The van der Waals surface area contributed by atoms with Crippen LogP contribution in [-0.2, 0) is 14.3 Å². The van der Waals surface area contributed by atoms with Gasteiger partial charge in [0.2, 0.25) is 5.91 Å². The van der Waals surface area contributed by atoms with E-state index >= 15 is 0 Å². The molecule has 126 valence electrons. The molecule has 0 aliphatic heterocycles. The Balaban J connectivity index is 1.82. The molecule has 0 fully saturated rings. The molecule has 0 aliphatic carbocycles. The molecule has 1 N–H and O–H groups in total. The number of rotatable bonds is 7. The van der Waals surface area contributed by atoms with E-state index in [4.69, 9.17) is 4.74 Å². The first-order chi connectivity index (χ1) is 11.6. The third kappa shape index (κ3) is 5.96. The van der Waals surface area contributed by atoms with Gasteiger partial charge in [0.05, 0.1) is 18.6 Å². The van der Waals surface area contributed by atoms with Crippen molar-refractivity contribution < 1.29 is 19.1 Å². The summed E-state index contributed by atoms with van der Waals surface area (Å²) in [5.41, 5.74) is 1.85. The maximum Gasteiger partial charge on any atom is 0.315 e. The molecule has 0 saturated carbocycles. The number of benzene rings is 2. The van der Waals surface area contributed by atoms with Crippen molar-refractivity contribution in [2.45, 2.75) is 6.92 Å². The van der Waals surface area contributed by atoms with Crippen LogP contribution in [-0.4, -0.2) is 30.5 Å². The molecule has 0 spiro atoms. The topological polar surface area (TPSA) is 64.6 Å². The SMILES string of the molecule is COC(=O)CSCC(=O)Nc1ccc(Oc2ccc(C)cc2)cc1. The van der Waals surface area contributed by atoms with E-state index in [0.29, 0.717) is 11.4 Å². The second-order valence-corrected chi connectivity index (χ2v) is 6.04. The minimum absolute atomic E-state index is 0.160. The number of amides is 1. The van der Waals surface area contributed by atoms with Gasteiger partial charge in [0.15, 0.2) is 0 Å². The Labute approximate surface area is 145 Å². The summed E-state index contributed by atoms with van der Waals surface area (Å²) in [5, 5.41) is 2.76. The average Bonchev–Trinajstić information content (AvgIpc) is 2.58. The zero-order chi connectivity index (χ0) is 17.4. The van der Waals surface area contributed by atoms with Crippen LogP contribution in [0.1, 0.15) is 5.56 Å². The number of anilines is 1. The molecule has 6 heteroatoms. The van der Waals surface area contributed by atoms with Gasteiger partial charge in [0.1, 0.15) is 11.5 Å². The van der Waals surface area contributed by atoms with Crippen molar-refractivity contribution in [2.75, 3.05) is 23.9 Å². The van der Waals surface area contributed by atoms with Crippen LogP contribution in [0.3, 0.4) is 0 Å². The van der Waals surface area contributed by atoms with E-state index in [0.717, 1.165) is 5.75 Å². The van der Waals surface area contributed by atoms with Crippen molar-refractivity contribution >= 4 is 29.3 Å². The molecule has 0 unspecified atom stereocenters. The maximum absolute atomic E-state index is 11.8. The summed E-state index contributed by atoms with van der Waals surface area (Å²) >= 11 is 1.21. The number of hydrogen-bond acceptors (Lipinski definition) is 5. The molecule has 0 atom stereocenters. The van der Waals surface area contributed by atoms with Crippen LogP contribution in [0.25, 0.3) is 0 Å². The van der Waals surface area contributed by atoms with Gasteiger partial charge in [-0.3, -0.25) is 9.59 Å². The van der Waals surface area contributed by atoms with Crippen LogP contribution in [0.5, 0.6) is 11.5 Å². The molecule has 2 rings (SSSR count). The molecule has 2 aromatic rings. The van der Waals surface area contributed by atoms with Crippen LogP contribution >= 0.6 is 11.8 Å². The van der Waals surface area contributed by atoms with Crippen LogP contribution in [0.4, 0.5) is 5.69 Å². The van der Waals surface area contributed by atoms with Crippen molar-refractivity contribution in [2.24, 2.45) is 0 Å². The minimum atomic E-state index is -0.342. The van der Waals surface area contributed by atoms with Gasteiger partial charge in [-0.15, -0.1) is 11.8 Å². The number of hydrogen-bond donors (Lipinski definition) is 1. The van der Waals surface area contributed by atoms with Gasteiger partial charge in [-0.1, -0.05) is 17.7 Å². The highest BCUT2D eigenvalue weighted by Crippen LogP contribution is 2.23. The number of nitrogens with one attached hydrogen (secondary N) is 1. The van der Waals surface area contributed by atoms with Crippen molar-refractivity contribution in [3.8, 4) is 11.5 Å².